The summed E-state index contributed by atoms with van der Waals surface area (Å²) in [6.45, 7) is -0.164. The lowest BCUT2D eigenvalue weighted by atomic mass is 9.75. The van der Waals surface area contributed by atoms with Gasteiger partial charge in [-0.3, -0.25) is 4.79 Å². The number of carbonyl (C=O) groups excluding carboxylic acids is 1. The molecule has 1 aliphatic heterocycles. The molecule has 1 saturated carbocycles. The maximum atomic E-state index is 13.2. The van der Waals surface area contributed by atoms with Crippen LogP contribution in [0.25, 0.3) is 0 Å². The van der Waals surface area contributed by atoms with Gasteiger partial charge in [0.1, 0.15) is 11.9 Å². The lowest BCUT2D eigenvalue weighted by Crippen LogP contribution is -2.65. The van der Waals surface area contributed by atoms with Crippen LogP contribution in [0.2, 0.25) is 0 Å². The van der Waals surface area contributed by atoms with Gasteiger partial charge in [-0.1, -0.05) is 30.0 Å². The van der Waals surface area contributed by atoms with Crippen LogP contribution in [0.15, 0.2) is 48.5 Å². The number of benzene rings is 2. The normalized spacial score (nSPS) is 23.2. The minimum Gasteiger partial charge on any atom is -0.394 e. The molecule has 0 radical (unpaired) electrons. The fourth-order valence-corrected chi connectivity index (χ4v) is 3.75. The molecule has 2 fully saturated rings. The smallest absolute Gasteiger partial charge is 0.227 e. The molecule has 0 aromatic heterocycles. The van der Waals surface area contributed by atoms with E-state index in [0.29, 0.717) is 5.56 Å². The minimum atomic E-state index is -0.547. The summed E-state index contributed by atoms with van der Waals surface area (Å²) < 4.78 is 13.2. The summed E-state index contributed by atoms with van der Waals surface area (Å²) >= 11 is 0. The highest BCUT2D eigenvalue weighted by Crippen LogP contribution is 2.44. The molecule has 2 aromatic rings. The van der Waals surface area contributed by atoms with Crippen molar-refractivity contribution in [3.63, 3.8) is 0 Å². The number of hydrogen-bond donors (Lipinski definition) is 1. The first-order chi connectivity index (χ1) is 13.6. The van der Waals surface area contributed by atoms with Gasteiger partial charge in [-0.05, 0) is 48.7 Å². The van der Waals surface area contributed by atoms with Gasteiger partial charge in [-0.2, -0.15) is 5.26 Å². The second kappa shape index (κ2) is 7.46. The first-order valence-corrected chi connectivity index (χ1v) is 9.32. The SMILES string of the molecule is N#C[C@H]1[C@@H](c2ccc(C#Cc3cccc(F)c3)cc2)[C@@H](CO)N1C(=O)C1CC1. The monoisotopic (exact) mass is 374 g/mol. The predicted octanol–water partition coefficient (Wildman–Crippen LogP) is 2.81. The van der Waals surface area contributed by atoms with Gasteiger partial charge in [0.05, 0.1) is 18.7 Å². The van der Waals surface area contributed by atoms with Crippen molar-refractivity contribution < 1.29 is 14.3 Å². The summed E-state index contributed by atoms with van der Waals surface area (Å²) in [6, 6.07) is 14.9. The summed E-state index contributed by atoms with van der Waals surface area (Å²) in [5, 5.41) is 19.3. The predicted molar refractivity (Wildman–Crippen MR) is 101 cm³/mol. The molecule has 4 rings (SSSR count). The van der Waals surface area contributed by atoms with Gasteiger partial charge in [-0.25, -0.2) is 4.39 Å². The van der Waals surface area contributed by atoms with Gasteiger partial charge in [-0.15, -0.1) is 0 Å². The highest BCUT2D eigenvalue weighted by molar-refractivity contribution is 5.83. The second-order valence-electron chi connectivity index (χ2n) is 7.25. The quantitative estimate of drug-likeness (QED) is 0.841. The average molecular weight is 374 g/mol. The van der Waals surface area contributed by atoms with Crippen molar-refractivity contribution in [2.45, 2.75) is 30.8 Å². The second-order valence-corrected chi connectivity index (χ2v) is 7.25. The summed E-state index contributed by atoms with van der Waals surface area (Å²) in [5.41, 5.74) is 2.27. The van der Waals surface area contributed by atoms with Crippen molar-refractivity contribution in [3.05, 3.63) is 71.0 Å². The van der Waals surface area contributed by atoms with Crippen LogP contribution in [0.3, 0.4) is 0 Å². The molecule has 1 N–H and O–H groups in total. The molecular formula is C23H19FN2O2. The molecule has 0 unspecified atom stereocenters. The molecule has 1 heterocycles. The third-order valence-electron chi connectivity index (χ3n) is 5.38. The Labute approximate surface area is 163 Å². The molecule has 0 bridgehead atoms. The number of hydrogen-bond acceptors (Lipinski definition) is 3. The maximum absolute atomic E-state index is 13.2. The van der Waals surface area contributed by atoms with Gasteiger partial charge in [0.25, 0.3) is 0 Å². The van der Waals surface area contributed by atoms with E-state index in [0.717, 1.165) is 24.0 Å². The molecule has 2 aromatic carbocycles. The Kier molecular flexibility index (Phi) is 4.86. The standard InChI is InChI=1S/C23H19FN2O2/c24-19-3-1-2-16(12-19)5-4-15-6-8-17(9-7-15)22-20(13-25)26(21(22)14-27)23(28)18-10-11-18/h1-3,6-9,12,18,20-22,27H,10-11,14H2/t20-,21+,22+/m0/s1. The van der Waals surface area contributed by atoms with E-state index >= 15 is 0 Å². The van der Waals surface area contributed by atoms with Gasteiger partial charge >= 0.3 is 0 Å². The van der Waals surface area contributed by atoms with Crippen LogP contribution in [0, 0.1) is 34.9 Å². The Hall–Kier alpha value is -3.15. The van der Waals surface area contributed by atoms with Crippen LogP contribution in [0.4, 0.5) is 4.39 Å². The van der Waals surface area contributed by atoms with Gasteiger partial charge in [0, 0.05) is 23.0 Å². The molecule has 4 nitrogen and oxygen atoms in total. The molecule has 0 spiro atoms. The third-order valence-corrected chi connectivity index (χ3v) is 5.38. The number of nitrogens with zero attached hydrogens (tertiary/aromatic N) is 2. The Bertz CT molecular complexity index is 996. The van der Waals surface area contributed by atoms with E-state index in [1.165, 1.54) is 12.1 Å². The zero-order chi connectivity index (χ0) is 19.7. The minimum absolute atomic E-state index is 0.0144. The Morgan fingerprint density at radius 2 is 1.86 bits per heavy atom. The Balaban J connectivity index is 1.52. The fourth-order valence-electron chi connectivity index (χ4n) is 3.75. The van der Waals surface area contributed by atoms with Crippen LogP contribution in [-0.2, 0) is 4.79 Å². The largest absolute Gasteiger partial charge is 0.394 e. The summed E-state index contributed by atoms with van der Waals surface area (Å²) in [5.74, 6) is 5.40. The summed E-state index contributed by atoms with van der Waals surface area (Å²) in [7, 11) is 0. The Morgan fingerprint density at radius 1 is 1.14 bits per heavy atom. The number of nitriles is 1. The molecule has 3 atom stereocenters. The zero-order valence-corrected chi connectivity index (χ0v) is 15.2. The first kappa shape index (κ1) is 18.2. The average Bonchev–Trinajstić information content (AvgIpc) is 3.52. The molecule has 1 saturated heterocycles. The van der Waals surface area contributed by atoms with Gasteiger partial charge in [0.15, 0.2) is 0 Å². The fraction of sp³-hybridized carbons (Fsp3) is 0.304. The molecule has 5 heteroatoms. The van der Waals surface area contributed by atoms with Crippen molar-refractivity contribution in [2.75, 3.05) is 6.61 Å². The zero-order valence-electron chi connectivity index (χ0n) is 15.2. The van der Waals surface area contributed by atoms with E-state index in [-0.39, 0.29) is 36.2 Å². The third kappa shape index (κ3) is 3.38. The summed E-state index contributed by atoms with van der Waals surface area (Å²) in [4.78, 5) is 14.0. The summed E-state index contributed by atoms with van der Waals surface area (Å²) in [6.07, 6.45) is 1.74. The van der Waals surface area contributed by atoms with Gasteiger partial charge in [0.2, 0.25) is 5.91 Å². The lowest BCUT2D eigenvalue weighted by Gasteiger charge is -2.51. The number of carbonyl (C=O) groups is 1. The lowest BCUT2D eigenvalue weighted by molar-refractivity contribution is -0.148. The van der Waals surface area contributed by atoms with E-state index in [9.17, 15) is 19.6 Å². The molecule has 1 aliphatic carbocycles. The van der Waals surface area contributed by atoms with Crippen LogP contribution < -0.4 is 0 Å². The molecule has 2 aliphatic rings. The molecule has 140 valence electrons. The highest BCUT2D eigenvalue weighted by atomic mass is 19.1. The number of aliphatic hydroxyl groups excluding tert-OH is 1. The maximum Gasteiger partial charge on any atom is 0.227 e. The molecule has 1 amide bonds. The number of aliphatic hydroxyl groups is 1. The number of rotatable bonds is 3. The van der Waals surface area contributed by atoms with E-state index in [1.807, 2.05) is 24.3 Å². The van der Waals surface area contributed by atoms with Gasteiger partial charge < -0.3 is 10.0 Å². The number of likely N-dealkylation sites (tertiary alicyclic amines) is 1. The van der Waals surface area contributed by atoms with Crippen molar-refractivity contribution in [2.24, 2.45) is 5.92 Å². The van der Waals surface area contributed by atoms with E-state index in [2.05, 4.69) is 17.9 Å². The van der Waals surface area contributed by atoms with Crippen LogP contribution in [-0.4, -0.2) is 34.6 Å². The van der Waals surface area contributed by atoms with Crippen molar-refractivity contribution in [1.82, 2.24) is 4.90 Å². The Morgan fingerprint density at radius 3 is 2.46 bits per heavy atom. The molecule has 28 heavy (non-hydrogen) atoms. The van der Waals surface area contributed by atoms with E-state index in [1.54, 1.807) is 17.0 Å². The van der Waals surface area contributed by atoms with E-state index < -0.39 is 6.04 Å². The van der Waals surface area contributed by atoms with Crippen molar-refractivity contribution in [1.29, 1.82) is 5.26 Å². The van der Waals surface area contributed by atoms with Crippen LogP contribution >= 0.6 is 0 Å². The molecular weight excluding hydrogens is 355 g/mol. The van der Waals surface area contributed by atoms with Crippen molar-refractivity contribution in [3.8, 4) is 17.9 Å². The number of halogens is 1. The highest BCUT2D eigenvalue weighted by Gasteiger charge is 2.53. The van der Waals surface area contributed by atoms with Crippen molar-refractivity contribution >= 4 is 5.91 Å². The van der Waals surface area contributed by atoms with Crippen LogP contribution in [0.1, 0.15) is 35.4 Å². The number of amides is 1. The first-order valence-electron chi connectivity index (χ1n) is 9.32. The van der Waals surface area contributed by atoms with E-state index in [4.69, 9.17) is 0 Å². The van der Waals surface area contributed by atoms with Crippen LogP contribution in [0.5, 0.6) is 0 Å². The topological polar surface area (TPSA) is 64.3 Å².